The quantitative estimate of drug-likeness (QED) is 0.597. The first kappa shape index (κ1) is 16.2. The van der Waals surface area contributed by atoms with Crippen LogP contribution in [0.25, 0.3) is 22.6 Å². The summed E-state index contributed by atoms with van der Waals surface area (Å²) >= 11 is 0. The van der Waals surface area contributed by atoms with E-state index in [2.05, 4.69) is 36.9 Å². The van der Waals surface area contributed by atoms with Gasteiger partial charge in [-0.25, -0.2) is 15.0 Å². The first-order chi connectivity index (χ1) is 12.6. The van der Waals surface area contributed by atoms with Crippen molar-refractivity contribution in [2.45, 2.75) is 19.9 Å². The molecule has 8 heteroatoms. The topological polar surface area (TPSA) is 86.3 Å². The van der Waals surface area contributed by atoms with E-state index in [1.54, 1.807) is 17.1 Å². The van der Waals surface area contributed by atoms with E-state index >= 15 is 0 Å². The van der Waals surface area contributed by atoms with Crippen LogP contribution < -0.4 is 5.32 Å². The molecule has 4 aromatic heterocycles. The van der Waals surface area contributed by atoms with Crippen LogP contribution in [-0.2, 0) is 7.05 Å². The number of nitrogens with one attached hydrogen (secondary N) is 1. The maximum atomic E-state index is 4.74. The van der Waals surface area contributed by atoms with E-state index in [0.717, 1.165) is 28.2 Å². The smallest absolute Gasteiger partial charge is 0.182 e. The lowest BCUT2D eigenvalue weighted by atomic mass is 10.2. The van der Waals surface area contributed by atoms with E-state index in [-0.39, 0.29) is 6.04 Å². The van der Waals surface area contributed by atoms with E-state index < -0.39 is 0 Å². The fourth-order valence-electron chi connectivity index (χ4n) is 2.96. The summed E-state index contributed by atoms with van der Waals surface area (Å²) < 4.78 is 3.84. The van der Waals surface area contributed by atoms with Crippen molar-refractivity contribution in [2.24, 2.45) is 7.05 Å². The molecule has 8 nitrogen and oxygen atoms in total. The van der Waals surface area contributed by atoms with Crippen molar-refractivity contribution >= 4 is 16.9 Å². The Morgan fingerprint density at radius 1 is 1.19 bits per heavy atom. The van der Waals surface area contributed by atoms with Crippen LogP contribution >= 0.6 is 0 Å². The van der Waals surface area contributed by atoms with Gasteiger partial charge in [-0.3, -0.25) is 9.67 Å². The zero-order valence-electron chi connectivity index (χ0n) is 15.0. The number of rotatable bonds is 5. The maximum Gasteiger partial charge on any atom is 0.182 e. The third-order valence-corrected chi connectivity index (χ3v) is 4.35. The summed E-state index contributed by atoms with van der Waals surface area (Å²) in [5.74, 6) is 1.35. The SMILES string of the molecule is Cc1nn(C)c2nc(-c3ccccn3)nc(NCC(C)n3ccnc3)c12. The van der Waals surface area contributed by atoms with Gasteiger partial charge in [-0.2, -0.15) is 5.10 Å². The Balaban J connectivity index is 1.74. The molecule has 0 aromatic carbocycles. The third-order valence-electron chi connectivity index (χ3n) is 4.35. The molecule has 0 saturated heterocycles. The molecule has 0 radical (unpaired) electrons. The van der Waals surface area contributed by atoms with Gasteiger partial charge in [0, 0.05) is 38.2 Å². The lowest BCUT2D eigenvalue weighted by Gasteiger charge is -2.15. The zero-order chi connectivity index (χ0) is 18.1. The van der Waals surface area contributed by atoms with Crippen molar-refractivity contribution in [3.63, 3.8) is 0 Å². The van der Waals surface area contributed by atoms with E-state index in [0.29, 0.717) is 12.4 Å². The van der Waals surface area contributed by atoms with Crippen molar-refractivity contribution in [1.82, 2.24) is 34.3 Å². The van der Waals surface area contributed by atoms with Crippen LogP contribution in [0.4, 0.5) is 5.82 Å². The predicted molar refractivity (Wildman–Crippen MR) is 99.7 cm³/mol. The highest BCUT2D eigenvalue weighted by Gasteiger charge is 2.17. The fraction of sp³-hybridized carbons (Fsp3) is 0.278. The van der Waals surface area contributed by atoms with Gasteiger partial charge in [0.15, 0.2) is 11.5 Å². The largest absolute Gasteiger partial charge is 0.367 e. The first-order valence-electron chi connectivity index (χ1n) is 8.47. The van der Waals surface area contributed by atoms with Gasteiger partial charge in [-0.1, -0.05) is 6.07 Å². The molecule has 0 bridgehead atoms. The summed E-state index contributed by atoms with van der Waals surface area (Å²) in [5, 5.41) is 8.90. The lowest BCUT2D eigenvalue weighted by Crippen LogP contribution is -2.16. The van der Waals surface area contributed by atoms with Gasteiger partial charge < -0.3 is 9.88 Å². The molecule has 4 aromatic rings. The van der Waals surface area contributed by atoms with Crippen LogP contribution in [0.3, 0.4) is 0 Å². The summed E-state index contributed by atoms with van der Waals surface area (Å²) in [6.07, 6.45) is 7.29. The van der Waals surface area contributed by atoms with Crippen molar-refractivity contribution in [2.75, 3.05) is 11.9 Å². The van der Waals surface area contributed by atoms with E-state index in [9.17, 15) is 0 Å². The Kier molecular flexibility index (Phi) is 4.08. The van der Waals surface area contributed by atoms with Crippen molar-refractivity contribution in [3.05, 3.63) is 48.8 Å². The molecule has 0 aliphatic carbocycles. The average molecular weight is 348 g/mol. The highest BCUT2D eigenvalue weighted by molar-refractivity contribution is 5.90. The standard InChI is InChI=1S/C18H20N8/c1-12(26-9-8-19-11-26)10-21-17-15-13(2)24-25(3)18(15)23-16(22-17)14-6-4-5-7-20-14/h4-9,11-12H,10H2,1-3H3,(H,21,22,23). The highest BCUT2D eigenvalue weighted by atomic mass is 15.3. The van der Waals surface area contributed by atoms with Crippen LogP contribution in [0.1, 0.15) is 18.7 Å². The number of fused-ring (bicyclic) bond motifs is 1. The van der Waals surface area contributed by atoms with Crippen LogP contribution in [0, 0.1) is 6.92 Å². The predicted octanol–water partition coefficient (Wildman–Crippen LogP) is 2.60. The lowest BCUT2D eigenvalue weighted by molar-refractivity contribution is 0.572. The number of imidazole rings is 1. The second-order valence-electron chi connectivity index (χ2n) is 6.26. The molecule has 0 aliphatic rings. The maximum absolute atomic E-state index is 4.74. The first-order valence-corrected chi connectivity index (χ1v) is 8.47. The normalized spacial score (nSPS) is 12.4. The van der Waals surface area contributed by atoms with Gasteiger partial charge in [0.1, 0.15) is 11.5 Å². The Morgan fingerprint density at radius 3 is 2.81 bits per heavy atom. The molecule has 0 saturated carbocycles. The number of anilines is 1. The second kappa shape index (κ2) is 6.55. The number of aromatic nitrogens is 7. The summed E-state index contributed by atoms with van der Waals surface area (Å²) in [5.41, 5.74) is 2.42. The molecule has 0 fully saturated rings. The van der Waals surface area contributed by atoms with E-state index in [1.165, 1.54) is 0 Å². The Bertz CT molecular complexity index is 1020. The average Bonchev–Trinajstić information content (AvgIpc) is 3.29. The molecule has 1 atom stereocenters. The van der Waals surface area contributed by atoms with Gasteiger partial charge in [0.05, 0.1) is 17.4 Å². The highest BCUT2D eigenvalue weighted by Crippen LogP contribution is 2.26. The monoisotopic (exact) mass is 348 g/mol. The van der Waals surface area contributed by atoms with Gasteiger partial charge >= 0.3 is 0 Å². The summed E-state index contributed by atoms with van der Waals surface area (Å²) in [7, 11) is 1.89. The van der Waals surface area contributed by atoms with Crippen molar-refractivity contribution in [1.29, 1.82) is 0 Å². The summed E-state index contributed by atoms with van der Waals surface area (Å²) in [4.78, 5) is 17.9. The number of pyridine rings is 1. The fourth-order valence-corrected chi connectivity index (χ4v) is 2.96. The van der Waals surface area contributed by atoms with Crippen LogP contribution in [-0.4, -0.2) is 40.8 Å². The number of hydrogen-bond acceptors (Lipinski definition) is 6. The van der Waals surface area contributed by atoms with Gasteiger partial charge in [0.2, 0.25) is 0 Å². The molecule has 4 rings (SSSR count). The summed E-state index contributed by atoms with van der Waals surface area (Å²) in [6, 6.07) is 5.95. The molecular formula is C18H20N8. The van der Waals surface area contributed by atoms with E-state index in [4.69, 9.17) is 4.98 Å². The zero-order valence-corrected chi connectivity index (χ0v) is 15.0. The van der Waals surface area contributed by atoms with Gasteiger partial charge in [-0.15, -0.1) is 0 Å². The molecule has 1 unspecified atom stereocenters. The molecule has 0 amide bonds. The minimum absolute atomic E-state index is 0.234. The third kappa shape index (κ3) is 2.90. The minimum Gasteiger partial charge on any atom is -0.367 e. The Labute approximate surface area is 151 Å². The van der Waals surface area contributed by atoms with Crippen LogP contribution in [0.2, 0.25) is 0 Å². The molecule has 26 heavy (non-hydrogen) atoms. The Morgan fingerprint density at radius 2 is 2.08 bits per heavy atom. The Hall–Kier alpha value is -3.29. The van der Waals surface area contributed by atoms with Crippen molar-refractivity contribution < 1.29 is 0 Å². The van der Waals surface area contributed by atoms with Crippen molar-refractivity contribution in [3.8, 4) is 11.5 Å². The molecule has 4 heterocycles. The number of nitrogens with zero attached hydrogens (tertiary/aromatic N) is 7. The molecule has 132 valence electrons. The van der Waals surface area contributed by atoms with E-state index in [1.807, 2.05) is 44.7 Å². The van der Waals surface area contributed by atoms with Gasteiger partial charge in [-0.05, 0) is 26.0 Å². The minimum atomic E-state index is 0.234. The molecule has 0 spiro atoms. The van der Waals surface area contributed by atoms with Gasteiger partial charge in [0.25, 0.3) is 0 Å². The van der Waals surface area contributed by atoms with Crippen LogP contribution in [0.5, 0.6) is 0 Å². The summed E-state index contributed by atoms with van der Waals surface area (Å²) in [6.45, 7) is 4.80. The van der Waals surface area contributed by atoms with Crippen LogP contribution in [0.15, 0.2) is 43.1 Å². The second-order valence-corrected chi connectivity index (χ2v) is 6.26. The number of aryl methyl sites for hydroxylation is 2. The number of hydrogen-bond donors (Lipinski definition) is 1. The molecular weight excluding hydrogens is 328 g/mol. The molecule has 0 aliphatic heterocycles. The molecule has 1 N–H and O–H groups in total.